The summed E-state index contributed by atoms with van der Waals surface area (Å²) in [6, 6.07) is 5.37. The first-order valence-electron chi connectivity index (χ1n) is 5.54. The molecule has 2 heterocycles. The predicted octanol–water partition coefficient (Wildman–Crippen LogP) is 2.26. The number of ether oxygens (including phenoxy) is 1. The third kappa shape index (κ3) is 2.48. The Balaban J connectivity index is 2.68. The summed E-state index contributed by atoms with van der Waals surface area (Å²) in [6.07, 6.45) is 1.61. The molecule has 0 fully saturated rings. The Morgan fingerprint density at radius 1 is 1.33 bits per heavy atom. The molecule has 92 valence electrons. The lowest BCUT2D eigenvalue weighted by atomic mass is 10.1. The molecule has 0 radical (unpaired) electrons. The van der Waals surface area contributed by atoms with E-state index in [9.17, 15) is 0 Å². The Morgan fingerprint density at radius 3 is 2.67 bits per heavy atom. The molecule has 0 unspecified atom stereocenters. The van der Waals surface area contributed by atoms with Gasteiger partial charge in [-0.2, -0.15) is 5.26 Å². The lowest BCUT2D eigenvalue weighted by Gasteiger charge is -2.21. The van der Waals surface area contributed by atoms with Crippen molar-refractivity contribution in [3.8, 4) is 11.9 Å². The van der Waals surface area contributed by atoms with Gasteiger partial charge < -0.3 is 10.5 Å². The van der Waals surface area contributed by atoms with Crippen molar-refractivity contribution in [3.63, 3.8) is 0 Å². The highest BCUT2D eigenvalue weighted by Gasteiger charge is 2.16. The third-order valence-corrected chi connectivity index (χ3v) is 2.22. The average molecular weight is 242 g/mol. The fourth-order valence-electron chi connectivity index (χ4n) is 1.56. The van der Waals surface area contributed by atoms with Gasteiger partial charge in [0.1, 0.15) is 23.2 Å². The minimum absolute atomic E-state index is 0.299. The quantitative estimate of drug-likeness (QED) is 0.829. The first-order chi connectivity index (χ1) is 8.39. The maximum atomic E-state index is 8.96. The number of nitrogens with two attached hydrogens (primary N) is 1. The Labute approximate surface area is 105 Å². The van der Waals surface area contributed by atoms with Gasteiger partial charge in [-0.15, -0.1) is 0 Å². The molecule has 2 rings (SSSR count). The van der Waals surface area contributed by atoms with Gasteiger partial charge in [-0.25, -0.2) is 9.97 Å². The number of pyridine rings is 2. The lowest BCUT2D eigenvalue weighted by Crippen LogP contribution is -2.23. The van der Waals surface area contributed by atoms with Gasteiger partial charge in [0.15, 0.2) is 0 Å². The fraction of sp³-hybridized carbons (Fsp3) is 0.308. The Morgan fingerprint density at radius 2 is 2.06 bits per heavy atom. The molecule has 0 spiro atoms. The number of aromatic nitrogens is 2. The molecule has 0 amide bonds. The second kappa shape index (κ2) is 4.15. The van der Waals surface area contributed by atoms with Crippen LogP contribution in [0.3, 0.4) is 0 Å². The molecule has 0 atom stereocenters. The van der Waals surface area contributed by atoms with Crippen molar-refractivity contribution in [1.82, 2.24) is 9.97 Å². The van der Waals surface area contributed by atoms with Crippen molar-refractivity contribution in [2.75, 3.05) is 5.73 Å². The van der Waals surface area contributed by atoms with Crippen LogP contribution in [-0.4, -0.2) is 15.6 Å². The second-order valence-corrected chi connectivity index (χ2v) is 4.97. The van der Waals surface area contributed by atoms with E-state index in [1.165, 1.54) is 0 Å². The lowest BCUT2D eigenvalue weighted by molar-refractivity contribution is 0.126. The van der Waals surface area contributed by atoms with E-state index in [1.54, 1.807) is 18.3 Å². The van der Waals surface area contributed by atoms with Gasteiger partial charge in [-0.05, 0) is 32.9 Å². The summed E-state index contributed by atoms with van der Waals surface area (Å²) in [5.74, 6) is 0.804. The van der Waals surface area contributed by atoms with E-state index < -0.39 is 5.60 Å². The normalized spacial score (nSPS) is 11.2. The van der Waals surface area contributed by atoms with Crippen molar-refractivity contribution >= 4 is 16.6 Å². The zero-order valence-electron chi connectivity index (χ0n) is 10.6. The minimum atomic E-state index is -0.397. The van der Waals surface area contributed by atoms with Gasteiger partial charge in [-0.3, -0.25) is 0 Å². The molecule has 2 aromatic rings. The summed E-state index contributed by atoms with van der Waals surface area (Å²) in [6.45, 7) is 5.76. The smallest absolute Gasteiger partial charge is 0.223 e. The van der Waals surface area contributed by atoms with E-state index >= 15 is 0 Å². The van der Waals surface area contributed by atoms with Gasteiger partial charge in [-0.1, -0.05) is 0 Å². The van der Waals surface area contributed by atoms with Crippen molar-refractivity contribution in [2.45, 2.75) is 26.4 Å². The van der Waals surface area contributed by atoms with Gasteiger partial charge in [0, 0.05) is 17.0 Å². The first kappa shape index (κ1) is 12.1. The summed E-state index contributed by atoms with van der Waals surface area (Å²) in [4.78, 5) is 8.18. The van der Waals surface area contributed by atoms with Crippen molar-refractivity contribution in [1.29, 1.82) is 5.26 Å². The molecule has 0 aliphatic heterocycles. The van der Waals surface area contributed by atoms with Crippen LogP contribution in [0.2, 0.25) is 0 Å². The molecule has 18 heavy (non-hydrogen) atoms. The van der Waals surface area contributed by atoms with Crippen molar-refractivity contribution < 1.29 is 4.74 Å². The summed E-state index contributed by atoms with van der Waals surface area (Å²) in [5.41, 5.74) is 5.57. The summed E-state index contributed by atoms with van der Waals surface area (Å²) in [7, 11) is 0. The number of nitrogen functional groups attached to an aromatic ring is 1. The maximum Gasteiger partial charge on any atom is 0.223 e. The summed E-state index contributed by atoms with van der Waals surface area (Å²) < 4.78 is 5.77. The van der Waals surface area contributed by atoms with Crippen molar-refractivity contribution in [3.05, 3.63) is 24.0 Å². The van der Waals surface area contributed by atoms with Crippen LogP contribution in [0.5, 0.6) is 5.88 Å². The standard InChI is InChI=1S/C13H14N4O/c1-13(2,3)18-12-10-5-11(15)16-7-8(10)4-9(6-14)17-12/h4-5,7H,1-3H3,(H2,15,16). The highest BCUT2D eigenvalue weighted by molar-refractivity contribution is 5.88. The van der Waals surface area contributed by atoms with E-state index in [0.29, 0.717) is 17.4 Å². The number of nitrogens with zero attached hydrogens (tertiary/aromatic N) is 3. The number of anilines is 1. The zero-order chi connectivity index (χ0) is 13.3. The molecule has 2 N–H and O–H groups in total. The average Bonchev–Trinajstić information content (AvgIpc) is 2.27. The van der Waals surface area contributed by atoms with E-state index in [2.05, 4.69) is 9.97 Å². The molecule has 0 aliphatic rings. The molecule has 0 saturated heterocycles. The number of hydrogen-bond donors (Lipinski definition) is 1. The molecule has 0 saturated carbocycles. The molecule has 0 bridgehead atoms. The van der Waals surface area contributed by atoms with Crippen LogP contribution in [-0.2, 0) is 0 Å². The highest BCUT2D eigenvalue weighted by atomic mass is 16.5. The summed E-state index contributed by atoms with van der Waals surface area (Å²) >= 11 is 0. The Kier molecular flexibility index (Phi) is 2.79. The molecule has 0 aromatic carbocycles. The van der Waals surface area contributed by atoms with Crippen LogP contribution in [0, 0.1) is 11.3 Å². The highest BCUT2D eigenvalue weighted by Crippen LogP contribution is 2.28. The Bertz CT molecular complexity index is 638. The molecule has 2 aromatic heterocycles. The number of hydrogen-bond acceptors (Lipinski definition) is 5. The molecule has 5 heteroatoms. The van der Waals surface area contributed by atoms with Crippen molar-refractivity contribution in [2.24, 2.45) is 0 Å². The number of fused-ring (bicyclic) bond motifs is 1. The summed E-state index contributed by atoms with van der Waals surface area (Å²) in [5, 5.41) is 10.5. The topological polar surface area (TPSA) is 84.8 Å². The van der Waals surface area contributed by atoms with Crippen LogP contribution < -0.4 is 10.5 Å². The molecular weight excluding hydrogens is 228 g/mol. The van der Waals surface area contributed by atoms with E-state index in [0.717, 1.165) is 10.8 Å². The minimum Gasteiger partial charge on any atom is -0.471 e. The molecular formula is C13H14N4O. The van der Waals surface area contributed by atoms with E-state index in [-0.39, 0.29) is 0 Å². The molecule has 5 nitrogen and oxygen atoms in total. The second-order valence-electron chi connectivity index (χ2n) is 4.97. The fourth-order valence-corrected chi connectivity index (χ4v) is 1.56. The van der Waals surface area contributed by atoms with Crippen LogP contribution in [0.15, 0.2) is 18.3 Å². The zero-order valence-corrected chi connectivity index (χ0v) is 10.6. The van der Waals surface area contributed by atoms with Gasteiger partial charge >= 0.3 is 0 Å². The van der Waals surface area contributed by atoms with Crippen LogP contribution >= 0.6 is 0 Å². The number of nitriles is 1. The van der Waals surface area contributed by atoms with Crippen LogP contribution in [0.1, 0.15) is 26.5 Å². The van der Waals surface area contributed by atoms with Crippen LogP contribution in [0.25, 0.3) is 10.8 Å². The van der Waals surface area contributed by atoms with Gasteiger partial charge in [0.2, 0.25) is 5.88 Å². The largest absolute Gasteiger partial charge is 0.471 e. The molecule has 0 aliphatic carbocycles. The predicted molar refractivity (Wildman–Crippen MR) is 69.0 cm³/mol. The first-order valence-corrected chi connectivity index (χ1v) is 5.54. The van der Waals surface area contributed by atoms with Gasteiger partial charge in [0.25, 0.3) is 0 Å². The maximum absolute atomic E-state index is 8.96. The SMILES string of the molecule is CC(C)(C)Oc1nc(C#N)cc2cnc(N)cc12. The third-order valence-electron chi connectivity index (χ3n) is 2.22. The number of rotatable bonds is 1. The van der Waals surface area contributed by atoms with Gasteiger partial charge in [0.05, 0.1) is 0 Å². The monoisotopic (exact) mass is 242 g/mol. The van der Waals surface area contributed by atoms with Crippen LogP contribution in [0.4, 0.5) is 5.82 Å². The van der Waals surface area contributed by atoms with E-state index in [1.807, 2.05) is 26.8 Å². The Hall–Kier alpha value is -2.35. The van der Waals surface area contributed by atoms with E-state index in [4.69, 9.17) is 15.7 Å².